The van der Waals surface area contributed by atoms with Crippen molar-refractivity contribution < 1.29 is 106 Å². The Hall–Kier alpha value is -3.86. The third-order valence-electron chi connectivity index (χ3n) is 15.7. The number of nitrogens with one attached hydrogen (secondary N) is 4. The van der Waals surface area contributed by atoms with Crippen LogP contribution in [0.2, 0.25) is 0 Å². The highest BCUT2D eigenvalue weighted by atomic mass is 127. The van der Waals surface area contributed by atoms with Gasteiger partial charge in [0.1, 0.15) is 36.6 Å². The molecule has 4 aliphatic heterocycles. The van der Waals surface area contributed by atoms with Crippen LogP contribution >= 0.6 is 55.9 Å². The lowest BCUT2D eigenvalue weighted by molar-refractivity contribution is -0.336. The maximum absolute atomic E-state index is 14.5. The molecule has 19 atom stereocenters. The number of aliphatic hydroxyl groups is 5. The molecule has 0 radical (unpaired) electrons. The van der Waals surface area contributed by atoms with Crippen LogP contribution in [0.4, 0.5) is 4.79 Å². The lowest BCUT2D eigenvalue weighted by atomic mass is 9.75. The van der Waals surface area contributed by atoms with Crippen molar-refractivity contribution in [2.45, 2.75) is 194 Å². The first-order valence-electron chi connectivity index (χ1n) is 29.0. The predicted octanol–water partition coefficient (Wildman–Crippen LogP) is 2.08. The van der Waals surface area contributed by atoms with Gasteiger partial charge in [0, 0.05) is 55.1 Å². The smallest absolute Gasteiger partial charge is 0.411 e. The number of hydrogen-bond acceptors (Lipinski definition) is 28. The molecule has 4 fully saturated rings. The summed E-state index contributed by atoms with van der Waals surface area (Å²) in [5.74, 6) is 16.0. The number of ether oxygens (including phenoxy) is 12. The van der Waals surface area contributed by atoms with Crippen LogP contribution in [0.1, 0.15) is 83.1 Å². The van der Waals surface area contributed by atoms with E-state index in [2.05, 4.69) is 45.2 Å². The second kappa shape index (κ2) is 33.0. The van der Waals surface area contributed by atoms with Gasteiger partial charge in [0.15, 0.2) is 41.8 Å². The fourth-order valence-electron chi connectivity index (χ4n) is 11.1. The quantitative estimate of drug-likeness (QED) is 0.0135. The maximum atomic E-state index is 14.5. The van der Waals surface area contributed by atoms with E-state index >= 15 is 0 Å². The number of amides is 2. The molecule has 0 aromatic heterocycles. The lowest BCUT2D eigenvalue weighted by Gasteiger charge is -2.46. The largest absolute Gasteiger partial charge is 0.492 e. The second-order valence-electron chi connectivity index (χ2n) is 22.4. The minimum atomic E-state index is -2.16. The van der Waals surface area contributed by atoms with Gasteiger partial charge < -0.3 is 87.7 Å². The average Bonchev–Trinajstić information content (AvgIpc) is 0.918. The van der Waals surface area contributed by atoms with Gasteiger partial charge in [0.25, 0.3) is 0 Å². The number of carbonyl (C=O) groups is 4. The molecule has 500 valence electrons. The van der Waals surface area contributed by atoms with E-state index in [1.807, 2.05) is 43.4 Å². The van der Waals surface area contributed by atoms with Crippen molar-refractivity contribution in [3.63, 3.8) is 0 Å². The Balaban J connectivity index is 1.13. The number of Topliss-reactive ketones (excluding diaryl/α,β-unsaturated/α-hetero) is 1. The number of hydroxylamine groups is 1. The van der Waals surface area contributed by atoms with E-state index in [0.717, 1.165) is 18.9 Å². The fourth-order valence-corrected chi connectivity index (χ4v) is 15.2. The van der Waals surface area contributed by atoms with Crippen molar-refractivity contribution in [2.24, 2.45) is 5.84 Å². The topological polar surface area (TPSA) is 364 Å². The molecule has 2 bridgehead atoms. The molecule has 0 unspecified atom stereocenters. The average molecular weight is 1440 g/mol. The van der Waals surface area contributed by atoms with Crippen LogP contribution < -0.4 is 41.6 Å². The molecule has 2 aliphatic carbocycles. The molecule has 1 aromatic carbocycles. The van der Waals surface area contributed by atoms with Crippen LogP contribution in [-0.2, 0) is 57.1 Å². The normalized spacial score (nSPS) is 34.4. The first kappa shape index (κ1) is 73.5. The van der Waals surface area contributed by atoms with E-state index in [-0.39, 0.29) is 83.2 Å². The summed E-state index contributed by atoms with van der Waals surface area (Å²) in [4.78, 5) is 60.1. The molecule has 27 nitrogen and oxygen atoms in total. The molecule has 4 heterocycles. The highest BCUT2D eigenvalue weighted by Gasteiger charge is 2.52. The first-order valence-corrected chi connectivity index (χ1v) is 33.2. The minimum absolute atomic E-state index is 0.0151. The first-order chi connectivity index (χ1) is 42.8. The molecular formula is C59H82IN5O22S3. The Morgan fingerprint density at radius 1 is 0.889 bits per heavy atom. The van der Waals surface area contributed by atoms with Crippen LogP contribution in [0, 0.1) is 34.2 Å². The Kier molecular flexibility index (Phi) is 27.0. The van der Waals surface area contributed by atoms with Crippen LogP contribution in [0.25, 0.3) is 0 Å². The molecule has 7 rings (SSSR count). The minimum Gasteiger partial charge on any atom is -0.492 e. The number of allylic oxidation sites excluding steroid dienone is 3. The zero-order valence-corrected chi connectivity index (χ0v) is 56.5. The molecule has 4 saturated heterocycles. The highest BCUT2D eigenvalue weighted by Crippen LogP contribution is 2.49. The number of aliphatic hydroxyl groups excluding tert-OH is 4. The van der Waals surface area contributed by atoms with Crippen LogP contribution in [0.3, 0.4) is 0 Å². The van der Waals surface area contributed by atoms with E-state index in [1.165, 1.54) is 55.1 Å². The monoisotopic (exact) mass is 1440 g/mol. The molecule has 0 spiro atoms. The zero-order valence-electron chi connectivity index (χ0n) is 51.9. The summed E-state index contributed by atoms with van der Waals surface area (Å²) in [6.07, 6.45) is -14.5. The van der Waals surface area contributed by atoms with Gasteiger partial charge in [-0.3, -0.25) is 30.0 Å². The summed E-state index contributed by atoms with van der Waals surface area (Å²) in [6.45, 7) is 13.0. The maximum Gasteiger partial charge on any atom is 0.411 e. The number of benzene rings is 1. The van der Waals surface area contributed by atoms with Gasteiger partial charge in [0.05, 0.1) is 97.0 Å². The second-order valence-corrected chi connectivity index (χ2v) is 27.7. The van der Waals surface area contributed by atoms with Gasteiger partial charge in [-0.15, -0.1) is 0 Å². The van der Waals surface area contributed by atoms with E-state index in [0.29, 0.717) is 15.7 Å². The van der Waals surface area contributed by atoms with Crippen molar-refractivity contribution in [2.75, 3.05) is 54.5 Å². The molecule has 90 heavy (non-hydrogen) atoms. The number of thioether (sulfide) groups is 1. The number of alkyl carbamates (subject to hydrolysis) is 1. The molecule has 6 aliphatic rings. The van der Waals surface area contributed by atoms with E-state index < -0.39 is 137 Å². The Labute approximate surface area is 548 Å². The van der Waals surface area contributed by atoms with E-state index in [9.17, 15) is 44.7 Å². The molecule has 11 N–H and O–H groups in total. The van der Waals surface area contributed by atoms with Gasteiger partial charge >= 0.3 is 6.09 Å². The summed E-state index contributed by atoms with van der Waals surface area (Å²) < 4.78 is 72.1. The summed E-state index contributed by atoms with van der Waals surface area (Å²) in [5, 5.41) is 63.0. The van der Waals surface area contributed by atoms with E-state index in [1.54, 1.807) is 40.9 Å². The molecular weight excluding hydrogens is 1350 g/mol. The number of carbonyl (C=O) groups excluding carboxylic acids is 4. The number of ketones is 1. The van der Waals surface area contributed by atoms with Gasteiger partial charge in [-0.2, -0.15) is 5.48 Å². The zero-order chi connectivity index (χ0) is 65.9. The van der Waals surface area contributed by atoms with Gasteiger partial charge in [-0.25, -0.2) is 10.6 Å². The van der Waals surface area contributed by atoms with Crippen LogP contribution in [0.5, 0.6) is 17.2 Å². The summed E-state index contributed by atoms with van der Waals surface area (Å²) >= 11 is 2.81. The van der Waals surface area contributed by atoms with Gasteiger partial charge in [0.2, 0.25) is 23.1 Å². The molecule has 0 saturated carbocycles. The van der Waals surface area contributed by atoms with Crippen LogP contribution in [0.15, 0.2) is 35.1 Å². The van der Waals surface area contributed by atoms with Gasteiger partial charge in [-0.05, 0) is 88.4 Å². The van der Waals surface area contributed by atoms with Gasteiger partial charge in [-0.1, -0.05) is 70.0 Å². The Morgan fingerprint density at radius 3 is 2.26 bits per heavy atom. The Bertz CT molecular complexity index is 2950. The third kappa shape index (κ3) is 17.3. The third-order valence-corrected chi connectivity index (χ3v) is 21.5. The SMILES string of the molecule is CCN[C@H]1CO[C@@H](O[C@H]2[C@H](O[C@H]3C#C/C=C\C#C[C@]4(O)CC(=O)C(NC(=O)OC)=C3/C4=C\CSSC(C)(C)CC(=O)NN)O[C@H](C)[C@@H](NO[C@H]3C[C@H](O)[C@H](SC(=O)c4c(C)c(I)c(O[C@@H]5O[C@@H](C)[C@H](O)[C@@H](OC)[C@H]5O)c(OC)c4OC)[C@@H](C)O3)[C@@H]2O)C[C@@H]1OC. The summed E-state index contributed by atoms with van der Waals surface area (Å²) in [6, 6.07) is -1.33. The highest BCUT2D eigenvalue weighted by molar-refractivity contribution is 14.1. The number of hydrazine groups is 1. The van der Waals surface area contributed by atoms with Crippen molar-refractivity contribution in [1.82, 2.24) is 21.5 Å². The summed E-state index contributed by atoms with van der Waals surface area (Å²) in [5.41, 5.74) is 3.09. The standard InChI is InChI=1S/C59H82IN5O22S3/c1-13-62-32-26-80-38(23-36(32)75-8)85-51-46(70)43(28(3)82-56(51)84-35-18-16-14-15-17-20-59(74)24-34(67)44(63-57(73)79-12)41(35)31(59)19-21-88-90-58(6,7)25-37(68)64-61)65-87-39-22-33(66)53(30(5)81-39)89-54(72)40-27(2)42(60)49(52(78-11)48(40)76-9)86-55-47(71)50(77-10)45(69)29(4)83-55/h14-15,19,28-30,32-33,35-36,38-39,43,45-47,50-51,53,55-56,62,65-66,69-71,74H,13,21-26,61H2,1-12H3,(H,63,73)(H,64,68)/b15-14-,31-19+/t28-,29+,30-,32+,33+,35+,36+,38+,39+,43-,45+,46+,47-,50-,51-,53-,55+,56+,59+/m1/s1. The van der Waals surface area contributed by atoms with Crippen molar-refractivity contribution in [1.29, 1.82) is 0 Å². The lowest BCUT2D eigenvalue weighted by Crippen LogP contribution is -2.65. The van der Waals surface area contributed by atoms with Crippen LogP contribution in [-0.4, -0.2) is 223 Å². The number of halogens is 1. The molecule has 1 aromatic rings. The van der Waals surface area contributed by atoms with E-state index in [4.69, 9.17) is 67.5 Å². The summed E-state index contributed by atoms with van der Waals surface area (Å²) in [7, 11) is 9.44. The number of hydrogen-bond donors (Lipinski definition) is 10. The predicted molar refractivity (Wildman–Crippen MR) is 337 cm³/mol. The number of nitrogens with two attached hydrogens (primary N) is 1. The number of methoxy groups -OCH3 is 5. The molecule has 31 heteroatoms. The number of rotatable bonds is 24. The molecule has 2 amide bonds. The number of likely N-dealkylation sites (N-methyl/N-ethyl adjacent to an activating group) is 1. The number of fused-ring (bicyclic) bond motifs is 2. The van der Waals surface area contributed by atoms with Crippen molar-refractivity contribution in [3.8, 4) is 40.9 Å². The fraction of sp³-hybridized carbons (Fsp3) is 0.661. The Morgan fingerprint density at radius 2 is 1.60 bits per heavy atom. The van der Waals surface area contributed by atoms with Crippen molar-refractivity contribution >= 4 is 78.8 Å². The van der Waals surface area contributed by atoms with Crippen molar-refractivity contribution in [3.05, 3.63) is 49.8 Å².